The van der Waals surface area contributed by atoms with Gasteiger partial charge in [0, 0.05) is 31.0 Å². The van der Waals surface area contributed by atoms with Gasteiger partial charge in [0.1, 0.15) is 0 Å². The standard InChI is InChI=1S/C12H20N2O2S/c1-9(6-11-4-3-5-17-11)14-12(15)7-10(8-13)16-2/h3-5,9-10H,6-8,13H2,1-2H3,(H,14,15). The fraction of sp³-hybridized carbons (Fsp3) is 0.583. The Kier molecular flexibility index (Phi) is 6.18. The van der Waals surface area contributed by atoms with Crippen molar-refractivity contribution in [1.29, 1.82) is 0 Å². The van der Waals surface area contributed by atoms with E-state index < -0.39 is 0 Å². The Morgan fingerprint density at radius 1 is 1.65 bits per heavy atom. The number of ether oxygens (including phenoxy) is 1. The number of hydrogen-bond donors (Lipinski definition) is 2. The number of carbonyl (C=O) groups is 1. The van der Waals surface area contributed by atoms with E-state index in [1.54, 1.807) is 18.4 Å². The molecular formula is C12H20N2O2S. The van der Waals surface area contributed by atoms with Crippen molar-refractivity contribution in [3.05, 3.63) is 22.4 Å². The molecule has 1 amide bonds. The topological polar surface area (TPSA) is 64.3 Å². The first-order valence-electron chi connectivity index (χ1n) is 5.70. The minimum absolute atomic E-state index is 0.00800. The van der Waals surface area contributed by atoms with E-state index in [0.717, 1.165) is 6.42 Å². The number of methoxy groups -OCH3 is 1. The van der Waals surface area contributed by atoms with Crippen molar-refractivity contribution in [1.82, 2.24) is 5.32 Å². The van der Waals surface area contributed by atoms with Gasteiger partial charge in [-0.2, -0.15) is 0 Å². The predicted octanol–water partition coefficient (Wildman–Crippen LogP) is 1.16. The highest BCUT2D eigenvalue weighted by Crippen LogP contribution is 2.11. The summed E-state index contributed by atoms with van der Waals surface area (Å²) in [6.07, 6.45) is 0.995. The van der Waals surface area contributed by atoms with E-state index in [4.69, 9.17) is 10.5 Å². The Bertz CT molecular complexity index is 323. The summed E-state index contributed by atoms with van der Waals surface area (Å²) in [6.45, 7) is 2.37. The molecule has 96 valence electrons. The third-order valence-corrected chi connectivity index (χ3v) is 3.40. The first kappa shape index (κ1) is 14.2. The van der Waals surface area contributed by atoms with Crippen molar-refractivity contribution < 1.29 is 9.53 Å². The van der Waals surface area contributed by atoms with Crippen LogP contribution in [0.3, 0.4) is 0 Å². The molecule has 3 N–H and O–H groups in total. The molecule has 0 aliphatic carbocycles. The number of rotatable bonds is 7. The van der Waals surface area contributed by atoms with Crippen LogP contribution in [-0.2, 0) is 16.0 Å². The van der Waals surface area contributed by atoms with Gasteiger partial charge in [0.2, 0.25) is 5.91 Å². The summed E-state index contributed by atoms with van der Waals surface area (Å²) in [7, 11) is 1.57. The van der Waals surface area contributed by atoms with Crippen LogP contribution >= 0.6 is 11.3 Å². The van der Waals surface area contributed by atoms with Gasteiger partial charge in [-0.05, 0) is 18.4 Å². The van der Waals surface area contributed by atoms with Gasteiger partial charge in [-0.3, -0.25) is 4.79 Å². The second-order valence-corrected chi connectivity index (χ2v) is 5.08. The minimum atomic E-state index is -0.191. The van der Waals surface area contributed by atoms with Crippen molar-refractivity contribution in [3.8, 4) is 0 Å². The molecule has 0 aliphatic rings. The van der Waals surface area contributed by atoms with Crippen LogP contribution in [0.4, 0.5) is 0 Å². The van der Waals surface area contributed by atoms with Crippen LogP contribution in [0, 0.1) is 0 Å². The fourth-order valence-electron chi connectivity index (χ4n) is 1.58. The summed E-state index contributed by atoms with van der Waals surface area (Å²) in [6, 6.07) is 4.23. The Hall–Kier alpha value is -0.910. The van der Waals surface area contributed by atoms with Crippen molar-refractivity contribution in [2.45, 2.75) is 31.9 Å². The third kappa shape index (κ3) is 5.30. The molecule has 1 aromatic rings. The average Bonchev–Trinajstić information content (AvgIpc) is 2.78. The van der Waals surface area contributed by atoms with E-state index in [2.05, 4.69) is 11.4 Å². The van der Waals surface area contributed by atoms with Crippen LogP contribution in [0.2, 0.25) is 0 Å². The molecule has 0 aromatic carbocycles. The van der Waals surface area contributed by atoms with E-state index in [1.165, 1.54) is 4.88 Å². The summed E-state index contributed by atoms with van der Waals surface area (Å²) < 4.78 is 5.07. The van der Waals surface area contributed by atoms with E-state index in [1.807, 2.05) is 18.4 Å². The van der Waals surface area contributed by atoms with Crippen LogP contribution in [-0.4, -0.2) is 31.7 Å². The molecule has 1 aromatic heterocycles. The molecule has 2 atom stereocenters. The molecule has 0 saturated carbocycles. The minimum Gasteiger partial charge on any atom is -0.380 e. The Morgan fingerprint density at radius 3 is 2.94 bits per heavy atom. The molecule has 1 rings (SSSR count). The van der Waals surface area contributed by atoms with Crippen molar-refractivity contribution in [2.24, 2.45) is 5.73 Å². The first-order chi connectivity index (χ1) is 8.15. The Balaban J connectivity index is 2.30. The Morgan fingerprint density at radius 2 is 2.41 bits per heavy atom. The van der Waals surface area contributed by atoms with Gasteiger partial charge < -0.3 is 15.8 Å². The van der Waals surface area contributed by atoms with Crippen LogP contribution in [0.15, 0.2) is 17.5 Å². The second-order valence-electron chi connectivity index (χ2n) is 4.05. The Labute approximate surface area is 106 Å². The molecule has 0 spiro atoms. The molecule has 4 nitrogen and oxygen atoms in total. The van der Waals surface area contributed by atoms with Gasteiger partial charge in [0.15, 0.2) is 0 Å². The van der Waals surface area contributed by atoms with E-state index in [0.29, 0.717) is 13.0 Å². The molecule has 0 bridgehead atoms. The quantitative estimate of drug-likeness (QED) is 0.769. The van der Waals surface area contributed by atoms with Gasteiger partial charge in [-0.15, -0.1) is 11.3 Å². The molecule has 1 heterocycles. The van der Waals surface area contributed by atoms with Crippen LogP contribution < -0.4 is 11.1 Å². The summed E-state index contributed by atoms with van der Waals surface area (Å²) in [5.41, 5.74) is 5.47. The SMILES string of the molecule is COC(CN)CC(=O)NC(C)Cc1cccs1. The van der Waals surface area contributed by atoms with Crippen LogP contribution in [0.5, 0.6) is 0 Å². The number of thiophene rings is 1. The first-order valence-corrected chi connectivity index (χ1v) is 6.58. The lowest BCUT2D eigenvalue weighted by atomic mass is 10.2. The number of carbonyl (C=O) groups excluding carboxylic acids is 1. The highest BCUT2D eigenvalue weighted by Gasteiger charge is 2.13. The van der Waals surface area contributed by atoms with Gasteiger partial charge in [-0.25, -0.2) is 0 Å². The lowest BCUT2D eigenvalue weighted by Gasteiger charge is -2.16. The zero-order valence-corrected chi connectivity index (χ0v) is 11.1. The molecular weight excluding hydrogens is 236 g/mol. The van der Waals surface area contributed by atoms with Crippen molar-refractivity contribution in [3.63, 3.8) is 0 Å². The van der Waals surface area contributed by atoms with Gasteiger partial charge in [-0.1, -0.05) is 6.07 Å². The number of nitrogens with one attached hydrogen (secondary N) is 1. The molecule has 0 fully saturated rings. The summed E-state index contributed by atoms with van der Waals surface area (Å²) in [4.78, 5) is 12.9. The maximum Gasteiger partial charge on any atom is 0.222 e. The molecule has 0 saturated heterocycles. The molecule has 0 radical (unpaired) electrons. The molecule has 5 heteroatoms. The molecule has 17 heavy (non-hydrogen) atoms. The van der Waals surface area contributed by atoms with Gasteiger partial charge in [0.05, 0.1) is 12.5 Å². The van der Waals surface area contributed by atoms with E-state index in [-0.39, 0.29) is 18.1 Å². The van der Waals surface area contributed by atoms with Gasteiger partial charge in [0.25, 0.3) is 0 Å². The average molecular weight is 256 g/mol. The highest BCUT2D eigenvalue weighted by molar-refractivity contribution is 7.09. The predicted molar refractivity (Wildman–Crippen MR) is 70.1 cm³/mol. The van der Waals surface area contributed by atoms with Crippen molar-refractivity contribution >= 4 is 17.2 Å². The number of nitrogens with two attached hydrogens (primary N) is 1. The zero-order valence-electron chi connectivity index (χ0n) is 10.3. The largest absolute Gasteiger partial charge is 0.380 e. The molecule has 0 aliphatic heterocycles. The highest BCUT2D eigenvalue weighted by atomic mass is 32.1. The van der Waals surface area contributed by atoms with Gasteiger partial charge >= 0.3 is 0 Å². The van der Waals surface area contributed by atoms with Crippen molar-refractivity contribution in [2.75, 3.05) is 13.7 Å². The normalized spacial score (nSPS) is 14.3. The smallest absolute Gasteiger partial charge is 0.222 e. The maximum atomic E-state index is 11.7. The van der Waals surface area contributed by atoms with Crippen LogP contribution in [0.25, 0.3) is 0 Å². The van der Waals surface area contributed by atoms with E-state index >= 15 is 0 Å². The summed E-state index contributed by atoms with van der Waals surface area (Å²) in [5, 5.41) is 4.99. The lowest BCUT2D eigenvalue weighted by molar-refractivity contribution is -0.123. The maximum absolute atomic E-state index is 11.7. The monoisotopic (exact) mass is 256 g/mol. The second kappa shape index (κ2) is 7.42. The number of amides is 1. The third-order valence-electron chi connectivity index (χ3n) is 2.50. The zero-order chi connectivity index (χ0) is 12.7. The van der Waals surface area contributed by atoms with E-state index in [9.17, 15) is 4.79 Å². The molecule has 2 unspecified atom stereocenters. The number of hydrogen-bond acceptors (Lipinski definition) is 4. The lowest BCUT2D eigenvalue weighted by Crippen LogP contribution is -2.37. The summed E-state index contributed by atoms with van der Waals surface area (Å²) >= 11 is 1.71. The van der Waals surface area contributed by atoms with Crippen LogP contribution in [0.1, 0.15) is 18.2 Å². The fourth-order valence-corrected chi connectivity index (χ4v) is 2.42. The summed E-state index contributed by atoms with van der Waals surface area (Å²) in [5.74, 6) is -0.00800.